The zero-order valence-electron chi connectivity index (χ0n) is 31.1. The van der Waals surface area contributed by atoms with E-state index in [9.17, 15) is 0 Å². The number of rotatable bonds is 7. The molecule has 0 saturated carbocycles. The van der Waals surface area contributed by atoms with Crippen LogP contribution >= 0.6 is 0 Å². The van der Waals surface area contributed by atoms with Crippen molar-refractivity contribution in [1.29, 1.82) is 0 Å². The molecule has 0 spiro atoms. The highest BCUT2D eigenvalue weighted by atomic mass is 28.3. The molecule has 2 aromatic heterocycles. The van der Waals surface area contributed by atoms with Gasteiger partial charge < -0.3 is 14.3 Å². The Morgan fingerprint density at radius 3 is 1.86 bits per heavy atom. The topological polar surface area (TPSA) is 42.5 Å². The Labute approximate surface area is 332 Å². The van der Waals surface area contributed by atoms with E-state index in [2.05, 4.69) is 204 Å². The Morgan fingerprint density at radius 1 is 0.509 bits per heavy atom. The highest BCUT2D eigenvalue weighted by Gasteiger charge is 2.24. The molecule has 1 aliphatic rings. The third-order valence-electron chi connectivity index (χ3n) is 11.4. The van der Waals surface area contributed by atoms with E-state index in [1.165, 1.54) is 31.9 Å². The van der Waals surface area contributed by atoms with Crippen molar-refractivity contribution in [3.8, 4) is 5.69 Å². The lowest BCUT2D eigenvalue weighted by Gasteiger charge is -2.24. The zero-order valence-corrected chi connectivity index (χ0v) is 32.2. The van der Waals surface area contributed by atoms with Gasteiger partial charge in [0.2, 0.25) is 0 Å². The standard InChI is InChI=1S/C52H37N3OSi/c1-5-15-35(16-6-1)46-34-47(36-17-7-2-8-18-36)54-52(53-46)37-25-27-38(28-26-37)55-48-32-29-41(57(39-19-9-3-10-20-39)40-21-11-4-12-22-40)33-45(48)43-30-31-44-42-23-13-14-24-49(42)56-51(44)50(43)55/h1-34,46,57H,(H,53,54). The molecule has 0 aliphatic carbocycles. The van der Waals surface area contributed by atoms with Gasteiger partial charge >= 0.3 is 0 Å². The van der Waals surface area contributed by atoms with Crippen LogP contribution in [-0.4, -0.2) is 19.2 Å². The molecule has 1 atom stereocenters. The van der Waals surface area contributed by atoms with Crippen LogP contribution in [0.15, 0.2) is 216 Å². The minimum absolute atomic E-state index is 0.0133. The van der Waals surface area contributed by atoms with E-state index in [1.54, 1.807) is 0 Å². The summed E-state index contributed by atoms with van der Waals surface area (Å²) in [6, 6.07) is 71.9. The number of furan rings is 1. The average Bonchev–Trinajstić information content (AvgIpc) is 3.84. The van der Waals surface area contributed by atoms with E-state index in [-0.39, 0.29) is 6.04 Å². The maximum absolute atomic E-state index is 6.75. The molecule has 1 unspecified atom stereocenters. The largest absolute Gasteiger partial charge is 0.454 e. The smallest absolute Gasteiger partial charge is 0.160 e. The van der Waals surface area contributed by atoms with Crippen molar-refractivity contribution in [3.63, 3.8) is 0 Å². The highest BCUT2D eigenvalue weighted by molar-refractivity contribution is 6.95. The summed E-state index contributed by atoms with van der Waals surface area (Å²) in [5.41, 5.74) is 9.36. The SMILES string of the molecule is C1=C(c2ccccc2)N=C(c2ccc(-n3c4ccc([SiH](c5ccccc5)c5ccccc5)cc4c4ccc5c6ccccc6oc5c43)cc2)NC1c1ccccc1. The zero-order chi connectivity index (χ0) is 37.7. The predicted octanol–water partition coefficient (Wildman–Crippen LogP) is 10.1. The summed E-state index contributed by atoms with van der Waals surface area (Å²) < 4.78 is 9.14. The fourth-order valence-corrected chi connectivity index (χ4v) is 11.7. The second-order valence-electron chi connectivity index (χ2n) is 14.8. The van der Waals surface area contributed by atoms with Gasteiger partial charge in [0, 0.05) is 32.8 Å². The Kier molecular flexibility index (Phi) is 8.04. The quantitative estimate of drug-likeness (QED) is 0.130. The first-order chi connectivity index (χ1) is 28.3. The Hall–Kier alpha value is -7.21. The normalized spacial score (nSPS) is 14.3. The molecule has 1 N–H and O–H groups in total. The molecule has 57 heavy (non-hydrogen) atoms. The van der Waals surface area contributed by atoms with E-state index in [0.29, 0.717) is 0 Å². The maximum atomic E-state index is 6.75. The number of nitrogens with one attached hydrogen (secondary N) is 1. The molecule has 5 heteroatoms. The summed E-state index contributed by atoms with van der Waals surface area (Å²) >= 11 is 0. The monoisotopic (exact) mass is 747 g/mol. The van der Waals surface area contributed by atoms with Crippen LogP contribution in [0.25, 0.3) is 55.1 Å². The van der Waals surface area contributed by atoms with Crippen molar-refractivity contribution in [2.24, 2.45) is 4.99 Å². The van der Waals surface area contributed by atoms with Crippen molar-refractivity contribution in [1.82, 2.24) is 9.88 Å². The number of para-hydroxylation sites is 1. The van der Waals surface area contributed by atoms with E-state index >= 15 is 0 Å². The number of amidine groups is 1. The summed E-state index contributed by atoms with van der Waals surface area (Å²) in [6.45, 7) is 0. The van der Waals surface area contributed by atoms with Gasteiger partial charge in [0.1, 0.15) is 20.2 Å². The van der Waals surface area contributed by atoms with Gasteiger partial charge in [-0.2, -0.15) is 0 Å². The molecule has 1 aliphatic heterocycles. The average molecular weight is 748 g/mol. The molecule has 10 aromatic rings. The molecule has 4 nitrogen and oxygen atoms in total. The summed E-state index contributed by atoms with van der Waals surface area (Å²) in [6.07, 6.45) is 2.22. The molecule has 0 saturated heterocycles. The first-order valence-corrected chi connectivity index (χ1v) is 21.3. The summed E-state index contributed by atoms with van der Waals surface area (Å²) in [5, 5.41) is 12.6. The van der Waals surface area contributed by atoms with Crippen LogP contribution in [0.5, 0.6) is 0 Å². The third-order valence-corrected chi connectivity index (χ3v) is 14.5. The molecule has 0 bridgehead atoms. The van der Waals surface area contributed by atoms with Crippen molar-refractivity contribution in [3.05, 3.63) is 223 Å². The van der Waals surface area contributed by atoms with Gasteiger partial charge in [0.05, 0.1) is 22.8 Å². The first-order valence-electron chi connectivity index (χ1n) is 19.5. The molecule has 3 heterocycles. The van der Waals surface area contributed by atoms with Crippen molar-refractivity contribution < 1.29 is 4.42 Å². The van der Waals surface area contributed by atoms with Gasteiger partial charge in [-0.05, 0) is 59.7 Å². The van der Waals surface area contributed by atoms with Crippen molar-refractivity contribution >= 4 is 79.6 Å². The van der Waals surface area contributed by atoms with Crippen LogP contribution in [-0.2, 0) is 0 Å². The van der Waals surface area contributed by atoms with Gasteiger partial charge in [-0.3, -0.25) is 0 Å². The number of fused-ring (bicyclic) bond motifs is 7. The molecular formula is C52H37N3OSi. The highest BCUT2D eigenvalue weighted by Crippen LogP contribution is 2.40. The molecular weight excluding hydrogens is 711 g/mol. The van der Waals surface area contributed by atoms with Gasteiger partial charge in [-0.25, -0.2) is 4.99 Å². The fraction of sp³-hybridized carbons (Fsp3) is 0.0192. The Morgan fingerprint density at radius 2 is 1.14 bits per heavy atom. The van der Waals surface area contributed by atoms with Crippen LogP contribution < -0.4 is 20.9 Å². The van der Waals surface area contributed by atoms with E-state index in [0.717, 1.165) is 61.3 Å². The second kappa shape index (κ2) is 13.8. The Bertz CT molecular complexity index is 3090. The van der Waals surface area contributed by atoms with Crippen molar-refractivity contribution in [2.75, 3.05) is 0 Å². The molecule has 0 amide bonds. The lowest BCUT2D eigenvalue weighted by atomic mass is 10.0. The second-order valence-corrected chi connectivity index (χ2v) is 17.6. The van der Waals surface area contributed by atoms with Crippen LogP contribution in [0.3, 0.4) is 0 Å². The third kappa shape index (κ3) is 5.79. The Balaban J connectivity index is 1.08. The summed E-state index contributed by atoms with van der Waals surface area (Å²) in [5.74, 6) is 0.848. The van der Waals surface area contributed by atoms with E-state index < -0.39 is 8.80 Å². The fourth-order valence-electron chi connectivity index (χ4n) is 8.68. The van der Waals surface area contributed by atoms with Crippen LogP contribution in [0.1, 0.15) is 22.7 Å². The van der Waals surface area contributed by atoms with Crippen LogP contribution in [0.2, 0.25) is 0 Å². The summed E-state index contributed by atoms with van der Waals surface area (Å²) in [4.78, 5) is 5.18. The number of benzene rings is 8. The molecule has 0 radical (unpaired) electrons. The number of aliphatic imine (C=N–C) groups is 1. The molecule has 0 fully saturated rings. The number of nitrogens with zero attached hydrogens (tertiary/aromatic N) is 2. The maximum Gasteiger partial charge on any atom is 0.160 e. The lowest BCUT2D eigenvalue weighted by Crippen LogP contribution is -2.51. The number of hydrogen-bond donors (Lipinski definition) is 1. The molecule has 8 aromatic carbocycles. The van der Waals surface area contributed by atoms with Gasteiger partial charge in [-0.15, -0.1) is 0 Å². The first kappa shape index (κ1) is 33.2. The summed E-state index contributed by atoms with van der Waals surface area (Å²) in [7, 11) is -1.77. The van der Waals surface area contributed by atoms with Crippen LogP contribution in [0.4, 0.5) is 0 Å². The lowest BCUT2D eigenvalue weighted by molar-refractivity contribution is 0.671. The molecule has 270 valence electrons. The minimum Gasteiger partial charge on any atom is -0.454 e. The number of hydrogen-bond acceptors (Lipinski definition) is 3. The molecule has 11 rings (SSSR count). The van der Waals surface area contributed by atoms with Gasteiger partial charge in [0.25, 0.3) is 0 Å². The van der Waals surface area contributed by atoms with E-state index in [4.69, 9.17) is 9.41 Å². The van der Waals surface area contributed by atoms with Crippen LogP contribution in [0, 0.1) is 0 Å². The number of aromatic nitrogens is 1. The predicted molar refractivity (Wildman–Crippen MR) is 240 cm³/mol. The van der Waals surface area contributed by atoms with Gasteiger partial charge in [0.15, 0.2) is 5.58 Å². The minimum atomic E-state index is -1.77. The van der Waals surface area contributed by atoms with Gasteiger partial charge in [-0.1, -0.05) is 173 Å². The van der Waals surface area contributed by atoms with Crippen molar-refractivity contribution in [2.45, 2.75) is 6.04 Å². The van der Waals surface area contributed by atoms with E-state index in [1.807, 2.05) is 12.1 Å².